The second-order valence-corrected chi connectivity index (χ2v) is 4.70. The minimum absolute atomic E-state index is 0.226. The number of rotatable bonds is 5. The molecule has 2 rings (SSSR count). The lowest BCUT2D eigenvalue weighted by molar-refractivity contribution is -0.129. The van der Waals surface area contributed by atoms with E-state index in [2.05, 4.69) is 20.6 Å². The van der Waals surface area contributed by atoms with Gasteiger partial charge in [0.15, 0.2) is 0 Å². The predicted octanol–water partition coefficient (Wildman–Crippen LogP) is 1.25. The Bertz CT molecular complexity index is 443. The fourth-order valence-electron chi connectivity index (χ4n) is 2.21. The van der Waals surface area contributed by atoms with Gasteiger partial charge in [0.2, 0.25) is 5.91 Å². The Morgan fingerprint density at radius 3 is 2.68 bits per heavy atom. The van der Waals surface area contributed by atoms with Gasteiger partial charge in [-0.2, -0.15) is 0 Å². The molecule has 0 aromatic carbocycles. The smallest absolute Gasteiger partial charge is 0.224 e. The molecule has 1 aliphatic rings. The number of hydrogen-bond acceptors (Lipinski definition) is 5. The van der Waals surface area contributed by atoms with Crippen LogP contribution in [0.4, 0.5) is 11.6 Å². The van der Waals surface area contributed by atoms with Gasteiger partial charge in [-0.3, -0.25) is 4.79 Å². The van der Waals surface area contributed by atoms with Crippen LogP contribution in [0, 0.1) is 6.92 Å². The van der Waals surface area contributed by atoms with Gasteiger partial charge in [0.05, 0.1) is 0 Å². The molecular formula is C13H21N5O. The minimum Gasteiger partial charge on any atom is -0.373 e. The molecular weight excluding hydrogens is 242 g/mol. The molecule has 2 heterocycles. The molecule has 2 N–H and O–H groups in total. The summed E-state index contributed by atoms with van der Waals surface area (Å²) < 4.78 is 0. The number of aryl methyl sites for hydroxylation is 1. The first-order valence-electron chi connectivity index (χ1n) is 6.74. The van der Waals surface area contributed by atoms with Gasteiger partial charge in [0.1, 0.15) is 17.5 Å². The van der Waals surface area contributed by atoms with Crippen LogP contribution in [0.25, 0.3) is 0 Å². The Kier molecular flexibility index (Phi) is 4.54. The first-order chi connectivity index (χ1) is 9.19. The normalized spacial score (nSPS) is 14.5. The Morgan fingerprint density at radius 2 is 2.00 bits per heavy atom. The first kappa shape index (κ1) is 13.6. The lowest BCUT2D eigenvalue weighted by atomic mass is 10.3. The summed E-state index contributed by atoms with van der Waals surface area (Å²) in [6.07, 6.45) is 2.78. The molecule has 0 aliphatic carbocycles. The number of likely N-dealkylation sites (tertiary alicyclic amines) is 1. The highest BCUT2D eigenvalue weighted by atomic mass is 16.2. The SMILES string of the molecule is CNc1cc(NCCC(=O)N2CCCC2)nc(C)n1. The zero-order chi connectivity index (χ0) is 13.7. The fourth-order valence-corrected chi connectivity index (χ4v) is 2.21. The van der Waals surface area contributed by atoms with Gasteiger partial charge in [-0.1, -0.05) is 0 Å². The van der Waals surface area contributed by atoms with Crippen LogP contribution in [-0.2, 0) is 4.79 Å². The fraction of sp³-hybridized carbons (Fsp3) is 0.615. The lowest BCUT2D eigenvalue weighted by Crippen LogP contribution is -2.29. The number of aromatic nitrogens is 2. The number of anilines is 2. The second kappa shape index (κ2) is 6.36. The van der Waals surface area contributed by atoms with Crippen LogP contribution in [0.15, 0.2) is 6.07 Å². The quantitative estimate of drug-likeness (QED) is 0.836. The van der Waals surface area contributed by atoms with Gasteiger partial charge >= 0.3 is 0 Å². The third-order valence-corrected chi connectivity index (χ3v) is 3.20. The summed E-state index contributed by atoms with van der Waals surface area (Å²) in [4.78, 5) is 22.3. The Balaban J connectivity index is 1.81. The largest absolute Gasteiger partial charge is 0.373 e. The third kappa shape index (κ3) is 3.81. The molecule has 104 valence electrons. The van der Waals surface area contributed by atoms with Gasteiger partial charge < -0.3 is 15.5 Å². The maximum atomic E-state index is 11.9. The van der Waals surface area contributed by atoms with Crippen molar-refractivity contribution in [2.75, 3.05) is 37.3 Å². The number of amides is 1. The van der Waals surface area contributed by atoms with Crippen LogP contribution in [0.2, 0.25) is 0 Å². The molecule has 1 aromatic heterocycles. The molecule has 6 heteroatoms. The number of nitrogens with zero attached hydrogens (tertiary/aromatic N) is 3. The average molecular weight is 263 g/mol. The Morgan fingerprint density at radius 1 is 1.32 bits per heavy atom. The van der Waals surface area contributed by atoms with Crippen LogP contribution in [0.1, 0.15) is 25.1 Å². The van der Waals surface area contributed by atoms with E-state index in [0.29, 0.717) is 18.8 Å². The van der Waals surface area contributed by atoms with E-state index in [1.54, 1.807) is 0 Å². The molecule has 0 atom stereocenters. The van der Waals surface area contributed by atoms with Crippen molar-refractivity contribution in [3.8, 4) is 0 Å². The van der Waals surface area contributed by atoms with Gasteiger partial charge in [-0.05, 0) is 19.8 Å². The molecule has 1 saturated heterocycles. The highest BCUT2D eigenvalue weighted by Gasteiger charge is 2.17. The van der Waals surface area contributed by atoms with E-state index < -0.39 is 0 Å². The lowest BCUT2D eigenvalue weighted by Gasteiger charge is -2.15. The molecule has 0 radical (unpaired) electrons. The van der Waals surface area contributed by atoms with E-state index in [4.69, 9.17) is 0 Å². The molecule has 0 unspecified atom stereocenters. The van der Waals surface area contributed by atoms with E-state index in [-0.39, 0.29) is 5.91 Å². The van der Waals surface area contributed by atoms with Crippen molar-refractivity contribution in [3.63, 3.8) is 0 Å². The number of carbonyl (C=O) groups is 1. The maximum Gasteiger partial charge on any atom is 0.224 e. The van der Waals surface area contributed by atoms with Crippen LogP contribution < -0.4 is 10.6 Å². The van der Waals surface area contributed by atoms with E-state index in [0.717, 1.165) is 37.6 Å². The van der Waals surface area contributed by atoms with Gasteiger partial charge in [-0.25, -0.2) is 9.97 Å². The van der Waals surface area contributed by atoms with Crippen molar-refractivity contribution in [1.82, 2.24) is 14.9 Å². The average Bonchev–Trinajstić information content (AvgIpc) is 2.92. The Labute approximate surface area is 113 Å². The Hall–Kier alpha value is -1.85. The molecule has 1 fully saturated rings. The summed E-state index contributed by atoms with van der Waals surface area (Å²) in [7, 11) is 1.82. The highest BCUT2D eigenvalue weighted by molar-refractivity contribution is 5.76. The molecule has 0 spiro atoms. The summed E-state index contributed by atoms with van der Waals surface area (Å²) in [5.74, 6) is 2.47. The summed E-state index contributed by atoms with van der Waals surface area (Å²) in [6.45, 7) is 4.28. The van der Waals surface area contributed by atoms with Gasteiger partial charge in [0.25, 0.3) is 0 Å². The molecule has 1 amide bonds. The van der Waals surface area contributed by atoms with E-state index in [1.165, 1.54) is 0 Å². The van der Waals surface area contributed by atoms with Crippen molar-refractivity contribution in [2.24, 2.45) is 0 Å². The van der Waals surface area contributed by atoms with Crippen molar-refractivity contribution in [3.05, 3.63) is 11.9 Å². The van der Waals surface area contributed by atoms with Crippen LogP contribution in [0.3, 0.4) is 0 Å². The summed E-state index contributed by atoms with van der Waals surface area (Å²) >= 11 is 0. The highest BCUT2D eigenvalue weighted by Crippen LogP contribution is 2.11. The standard InChI is InChI=1S/C13H21N5O/c1-10-16-11(14-2)9-12(17-10)15-6-5-13(19)18-7-3-4-8-18/h9H,3-8H2,1-2H3,(H2,14,15,16,17). The number of carbonyl (C=O) groups excluding carboxylic acids is 1. The van der Waals surface area contributed by atoms with Crippen molar-refractivity contribution < 1.29 is 4.79 Å². The van der Waals surface area contributed by atoms with E-state index >= 15 is 0 Å². The monoisotopic (exact) mass is 263 g/mol. The number of nitrogens with one attached hydrogen (secondary N) is 2. The molecule has 0 bridgehead atoms. The van der Waals surface area contributed by atoms with Crippen LogP contribution >= 0.6 is 0 Å². The summed E-state index contributed by atoms with van der Waals surface area (Å²) in [6, 6.07) is 1.84. The van der Waals surface area contributed by atoms with E-state index in [9.17, 15) is 4.79 Å². The van der Waals surface area contributed by atoms with Crippen molar-refractivity contribution in [1.29, 1.82) is 0 Å². The zero-order valence-electron chi connectivity index (χ0n) is 11.6. The maximum absolute atomic E-state index is 11.9. The second-order valence-electron chi connectivity index (χ2n) is 4.70. The summed E-state index contributed by atoms with van der Waals surface area (Å²) in [5.41, 5.74) is 0. The number of hydrogen-bond donors (Lipinski definition) is 2. The van der Waals surface area contributed by atoms with Gasteiger partial charge in [-0.15, -0.1) is 0 Å². The summed E-state index contributed by atoms with van der Waals surface area (Å²) in [5, 5.41) is 6.16. The molecule has 0 saturated carbocycles. The minimum atomic E-state index is 0.226. The van der Waals surface area contributed by atoms with Crippen molar-refractivity contribution >= 4 is 17.5 Å². The predicted molar refractivity (Wildman–Crippen MR) is 75.2 cm³/mol. The van der Waals surface area contributed by atoms with Crippen molar-refractivity contribution in [2.45, 2.75) is 26.2 Å². The van der Waals surface area contributed by atoms with E-state index in [1.807, 2.05) is 24.9 Å². The van der Waals surface area contributed by atoms with Crippen LogP contribution in [-0.4, -0.2) is 47.5 Å². The van der Waals surface area contributed by atoms with Crippen LogP contribution in [0.5, 0.6) is 0 Å². The molecule has 19 heavy (non-hydrogen) atoms. The topological polar surface area (TPSA) is 70.2 Å². The van der Waals surface area contributed by atoms with Gasteiger partial charge in [0, 0.05) is 39.2 Å². The molecule has 1 aromatic rings. The zero-order valence-corrected chi connectivity index (χ0v) is 11.6. The molecule has 6 nitrogen and oxygen atoms in total. The molecule has 1 aliphatic heterocycles. The third-order valence-electron chi connectivity index (χ3n) is 3.20. The first-order valence-corrected chi connectivity index (χ1v) is 6.74.